The van der Waals surface area contributed by atoms with Crippen molar-refractivity contribution in [1.82, 2.24) is 0 Å². The van der Waals surface area contributed by atoms with E-state index in [1.807, 2.05) is 37.3 Å². The van der Waals surface area contributed by atoms with E-state index in [1.54, 1.807) is 24.3 Å². The lowest BCUT2D eigenvalue weighted by Gasteiger charge is -2.16. The van der Waals surface area contributed by atoms with Gasteiger partial charge >= 0.3 is 5.97 Å². The maximum Gasteiger partial charge on any atom is 0.307 e. The average Bonchev–Trinajstić information content (AvgIpc) is 2.63. The molecule has 2 N–H and O–H groups in total. The Hall–Kier alpha value is -3.15. The Labute approximate surface area is 158 Å². The number of hydrogen-bond acceptors (Lipinski definition) is 4. The number of anilines is 2. The van der Waals surface area contributed by atoms with Crippen molar-refractivity contribution in [2.45, 2.75) is 39.2 Å². The highest BCUT2D eigenvalue weighted by atomic mass is 16.5. The predicted octanol–water partition coefficient (Wildman–Crippen LogP) is 3.71. The lowest BCUT2D eigenvalue weighted by atomic mass is 9.98. The topological polar surface area (TPSA) is 84.5 Å². The second kappa shape index (κ2) is 9.52. The van der Waals surface area contributed by atoms with Crippen LogP contribution in [-0.4, -0.2) is 23.9 Å². The molecular weight excluding hydrogens is 344 g/mol. The molecule has 2 rings (SSSR count). The van der Waals surface area contributed by atoms with Crippen molar-refractivity contribution in [1.29, 1.82) is 0 Å². The zero-order valence-electron chi connectivity index (χ0n) is 15.7. The summed E-state index contributed by atoms with van der Waals surface area (Å²) in [5.74, 6) is -0.995. The molecule has 0 saturated carbocycles. The first-order chi connectivity index (χ1) is 12.8. The van der Waals surface area contributed by atoms with E-state index in [4.69, 9.17) is 4.74 Å². The Balaban J connectivity index is 1.84. The standard InChI is InChI=1S/C21H24N2O4/c1-14(17-7-5-4-6-8-17)13-20(25)27-15(2)21(26)23-19-11-9-18(10-12-19)22-16(3)24/h4-12,14-15H,13H2,1-3H3,(H,22,24)(H,23,26). The first-order valence-corrected chi connectivity index (χ1v) is 8.78. The third-order valence-corrected chi connectivity index (χ3v) is 3.99. The van der Waals surface area contributed by atoms with Crippen LogP contribution < -0.4 is 10.6 Å². The van der Waals surface area contributed by atoms with E-state index < -0.39 is 18.0 Å². The molecule has 0 aliphatic rings. The summed E-state index contributed by atoms with van der Waals surface area (Å²) in [6.07, 6.45) is -0.706. The number of hydrogen-bond donors (Lipinski definition) is 2. The number of benzene rings is 2. The van der Waals surface area contributed by atoms with Gasteiger partial charge in [0.25, 0.3) is 5.91 Å². The lowest BCUT2D eigenvalue weighted by Crippen LogP contribution is -2.30. The summed E-state index contributed by atoms with van der Waals surface area (Å²) in [6, 6.07) is 16.4. The molecule has 6 heteroatoms. The van der Waals surface area contributed by atoms with Crippen molar-refractivity contribution >= 4 is 29.2 Å². The minimum Gasteiger partial charge on any atom is -0.453 e. The zero-order valence-corrected chi connectivity index (χ0v) is 15.7. The van der Waals surface area contributed by atoms with Gasteiger partial charge in [-0.25, -0.2) is 0 Å². The van der Waals surface area contributed by atoms with E-state index in [9.17, 15) is 14.4 Å². The highest BCUT2D eigenvalue weighted by molar-refractivity contribution is 5.95. The molecule has 0 radical (unpaired) electrons. The maximum absolute atomic E-state index is 12.2. The third-order valence-electron chi connectivity index (χ3n) is 3.99. The molecule has 142 valence electrons. The summed E-state index contributed by atoms with van der Waals surface area (Å²) in [5, 5.41) is 5.33. The molecule has 2 atom stereocenters. The first-order valence-electron chi connectivity index (χ1n) is 8.78. The summed E-state index contributed by atoms with van der Waals surface area (Å²) < 4.78 is 5.24. The SMILES string of the molecule is CC(=O)Nc1ccc(NC(=O)C(C)OC(=O)CC(C)c2ccccc2)cc1. The highest BCUT2D eigenvalue weighted by Gasteiger charge is 2.20. The fourth-order valence-corrected chi connectivity index (χ4v) is 2.53. The van der Waals surface area contributed by atoms with Crippen LogP contribution in [0.4, 0.5) is 11.4 Å². The van der Waals surface area contributed by atoms with Gasteiger partial charge in [0.2, 0.25) is 5.91 Å². The van der Waals surface area contributed by atoms with Gasteiger partial charge in [-0.1, -0.05) is 37.3 Å². The van der Waals surface area contributed by atoms with Gasteiger partial charge in [-0.2, -0.15) is 0 Å². The maximum atomic E-state index is 12.2. The number of nitrogens with one attached hydrogen (secondary N) is 2. The van der Waals surface area contributed by atoms with E-state index in [2.05, 4.69) is 10.6 Å². The lowest BCUT2D eigenvalue weighted by molar-refractivity contribution is -0.153. The largest absolute Gasteiger partial charge is 0.453 e. The number of carbonyl (C=O) groups excluding carboxylic acids is 3. The van der Waals surface area contributed by atoms with Crippen molar-refractivity contribution in [2.24, 2.45) is 0 Å². The second-order valence-electron chi connectivity index (χ2n) is 6.40. The summed E-state index contributed by atoms with van der Waals surface area (Å²) in [6.45, 7) is 4.90. The van der Waals surface area contributed by atoms with Gasteiger partial charge in [0.05, 0.1) is 6.42 Å². The minimum atomic E-state index is -0.907. The predicted molar refractivity (Wildman–Crippen MR) is 104 cm³/mol. The fraction of sp³-hybridized carbons (Fsp3) is 0.286. The van der Waals surface area contributed by atoms with E-state index in [0.717, 1.165) is 5.56 Å². The number of amides is 2. The van der Waals surface area contributed by atoms with Gasteiger partial charge in [-0.15, -0.1) is 0 Å². The molecule has 0 spiro atoms. The average molecular weight is 368 g/mol. The van der Waals surface area contributed by atoms with Gasteiger partial charge in [-0.3, -0.25) is 14.4 Å². The molecule has 6 nitrogen and oxygen atoms in total. The van der Waals surface area contributed by atoms with Crippen LogP contribution in [0.3, 0.4) is 0 Å². The highest BCUT2D eigenvalue weighted by Crippen LogP contribution is 2.19. The van der Waals surface area contributed by atoms with Gasteiger partial charge in [0, 0.05) is 18.3 Å². The normalized spacial score (nSPS) is 12.6. The summed E-state index contributed by atoms with van der Waals surface area (Å²) >= 11 is 0. The Kier molecular flexibility index (Phi) is 7.11. The van der Waals surface area contributed by atoms with Crippen molar-refractivity contribution in [3.05, 3.63) is 60.2 Å². The molecule has 2 aromatic carbocycles. The van der Waals surface area contributed by atoms with Crippen LogP contribution >= 0.6 is 0 Å². The molecule has 27 heavy (non-hydrogen) atoms. The van der Waals surface area contributed by atoms with Crippen LogP contribution in [0.5, 0.6) is 0 Å². The Bertz CT molecular complexity index is 788. The van der Waals surface area contributed by atoms with Crippen molar-refractivity contribution < 1.29 is 19.1 Å². The second-order valence-corrected chi connectivity index (χ2v) is 6.40. The van der Waals surface area contributed by atoms with Crippen molar-refractivity contribution in [2.75, 3.05) is 10.6 Å². The Morgan fingerprint density at radius 2 is 1.44 bits per heavy atom. The molecular formula is C21H24N2O4. The zero-order chi connectivity index (χ0) is 19.8. The van der Waals surface area contributed by atoms with Gasteiger partial charge in [0.15, 0.2) is 6.10 Å². The van der Waals surface area contributed by atoms with Crippen LogP contribution in [0.25, 0.3) is 0 Å². The summed E-state index contributed by atoms with van der Waals surface area (Å²) in [5.41, 5.74) is 2.23. The molecule has 0 bridgehead atoms. The number of rotatable bonds is 7. The Morgan fingerprint density at radius 1 is 0.889 bits per heavy atom. The molecule has 0 aliphatic heterocycles. The van der Waals surface area contributed by atoms with E-state index in [1.165, 1.54) is 13.8 Å². The molecule has 0 saturated heterocycles. The summed E-state index contributed by atoms with van der Waals surface area (Å²) in [7, 11) is 0. The number of ether oxygens (including phenoxy) is 1. The van der Waals surface area contributed by atoms with Gasteiger partial charge in [-0.05, 0) is 42.7 Å². The third kappa shape index (κ3) is 6.58. The van der Waals surface area contributed by atoms with Crippen LogP contribution in [0.15, 0.2) is 54.6 Å². The molecule has 2 unspecified atom stereocenters. The fourth-order valence-electron chi connectivity index (χ4n) is 2.53. The van der Waals surface area contributed by atoms with E-state index in [-0.39, 0.29) is 18.2 Å². The van der Waals surface area contributed by atoms with Crippen molar-refractivity contribution in [3.8, 4) is 0 Å². The van der Waals surface area contributed by atoms with Crippen LogP contribution in [0.2, 0.25) is 0 Å². The molecule has 0 heterocycles. The minimum absolute atomic E-state index is 0.00952. The van der Waals surface area contributed by atoms with E-state index >= 15 is 0 Å². The number of esters is 1. The number of carbonyl (C=O) groups is 3. The van der Waals surface area contributed by atoms with Crippen LogP contribution in [-0.2, 0) is 19.1 Å². The summed E-state index contributed by atoms with van der Waals surface area (Å²) in [4.78, 5) is 35.3. The smallest absolute Gasteiger partial charge is 0.307 e. The molecule has 0 aromatic heterocycles. The molecule has 0 aliphatic carbocycles. The van der Waals surface area contributed by atoms with Gasteiger partial charge < -0.3 is 15.4 Å². The molecule has 2 amide bonds. The monoisotopic (exact) mass is 368 g/mol. The van der Waals surface area contributed by atoms with E-state index in [0.29, 0.717) is 11.4 Å². The quantitative estimate of drug-likeness (QED) is 0.730. The van der Waals surface area contributed by atoms with Crippen LogP contribution in [0, 0.1) is 0 Å². The van der Waals surface area contributed by atoms with Crippen LogP contribution in [0.1, 0.15) is 38.7 Å². The van der Waals surface area contributed by atoms with Gasteiger partial charge in [0.1, 0.15) is 0 Å². The molecule has 2 aromatic rings. The molecule has 0 fully saturated rings. The van der Waals surface area contributed by atoms with Crippen molar-refractivity contribution in [3.63, 3.8) is 0 Å². The Morgan fingerprint density at radius 3 is 2.00 bits per heavy atom. The first kappa shape index (κ1) is 20.2.